The van der Waals surface area contributed by atoms with Crippen molar-refractivity contribution in [2.45, 2.75) is 19.4 Å². The zero-order valence-electron chi connectivity index (χ0n) is 11.9. The molecular formula is C14H16BrN5O2. The number of hydrogen-bond acceptors (Lipinski definition) is 5. The van der Waals surface area contributed by atoms with E-state index in [-0.39, 0.29) is 10.6 Å². The molecule has 0 radical (unpaired) electrons. The first kappa shape index (κ1) is 15.0. The van der Waals surface area contributed by atoms with Crippen LogP contribution in [0.5, 0.6) is 0 Å². The van der Waals surface area contributed by atoms with Crippen LogP contribution in [0.2, 0.25) is 0 Å². The van der Waals surface area contributed by atoms with Gasteiger partial charge in [0.25, 0.3) is 5.69 Å². The lowest BCUT2D eigenvalue weighted by Crippen LogP contribution is -2.37. The molecule has 8 heteroatoms. The number of hydrogen-bond donors (Lipinski definition) is 0. The van der Waals surface area contributed by atoms with E-state index in [1.54, 1.807) is 24.8 Å². The topological polar surface area (TPSA) is 77.1 Å². The second-order valence-electron chi connectivity index (χ2n) is 5.46. The van der Waals surface area contributed by atoms with E-state index < -0.39 is 0 Å². The summed E-state index contributed by atoms with van der Waals surface area (Å²) in [7, 11) is 0. The monoisotopic (exact) mass is 365 g/mol. The normalized spacial score (nSPS) is 18.4. The smallest absolute Gasteiger partial charge is 0.270 e. The van der Waals surface area contributed by atoms with Crippen molar-refractivity contribution in [3.05, 3.63) is 45.4 Å². The maximum Gasteiger partial charge on any atom is 0.270 e. The SMILES string of the molecule is O=[N+]([O-])c1ccc(N2CCCC(Cn3cncn3)C2)c(Br)c1. The van der Waals surface area contributed by atoms with Gasteiger partial charge in [-0.05, 0) is 40.8 Å². The van der Waals surface area contributed by atoms with Crippen molar-refractivity contribution in [2.24, 2.45) is 5.92 Å². The Morgan fingerprint density at radius 1 is 1.45 bits per heavy atom. The lowest BCUT2D eigenvalue weighted by atomic mass is 9.97. The summed E-state index contributed by atoms with van der Waals surface area (Å²) in [4.78, 5) is 16.7. The Morgan fingerprint density at radius 3 is 3.00 bits per heavy atom. The zero-order valence-corrected chi connectivity index (χ0v) is 13.5. The Labute approximate surface area is 136 Å². The molecule has 2 aromatic rings. The van der Waals surface area contributed by atoms with E-state index in [1.807, 2.05) is 10.7 Å². The summed E-state index contributed by atoms with van der Waals surface area (Å²) in [5, 5.41) is 15.0. The molecule has 116 valence electrons. The van der Waals surface area contributed by atoms with Gasteiger partial charge in [-0.1, -0.05) is 0 Å². The second kappa shape index (κ2) is 6.43. The Kier molecular flexibility index (Phi) is 4.37. The first-order valence-electron chi connectivity index (χ1n) is 7.15. The van der Waals surface area contributed by atoms with Gasteiger partial charge in [0.15, 0.2) is 0 Å². The van der Waals surface area contributed by atoms with Gasteiger partial charge in [-0.3, -0.25) is 14.8 Å². The first-order chi connectivity index (χ1) is 10.6. The van der Waals surface area contributed by atoms with E-state index in [0.717, 1.165) is 42.6 Å². The molecule has 1 unspecified atom stereocenters. The highest BCUT2D eigenvalue weighted by Gasteiger charge is 2.23. The van der Waals surface area contributed by atoms with Crippen molar-refractivity contribution in [3.63, 3.8) is 0 Å². The fourth-order valence-corrected chi connectivity index (χ4v) is 3.51. The third-order valence-electron chi connectivity index (χ3n) is 3.91. The summed E-state index contributed by atoms with van der Waals surface area (Å²) in [6.07, 6.45) is 5.54. The highest BCUT2D eigenvalue weighted by Crippen LogP contribution is 2.33. The Morgan fingerprint density at radius 2 is 2.32 bits per heavy atom. The van der Waals surface area contributed by atoms with Crippen molar-refractivity contribution >= 4 is 27.3 Å². The molecule has 0 saturated carbocycles. The number of non-ortho nitro benzene ring substituents is 1. The number of halogens is 1. The summed E-state index contributed by atoms with van der Waals surface area (Å²) < 4.78 is 2.63. The van der Waals surface area contributed by atoms with E-state index in [4.69, 9.17) is 0 Å². The molecule has 0 spiro atoms. The van der Waals surface area contributed by atoms with E-state index in [0.29, 0.717) is 5.92 Å². The highest BCUT2D eigenvalue weighted by atomic mass is 79.9. The molecule has 0 amide bonds. The van der Waals surface area contributed by atoms with Gasteiger partial charge in [-0.15, -0.1) is 0 Å². The van der Waals surface area contributed by atoms with Crippen molar-refractivity contribution in [1.29, 1.82) is 0 Å². The molecule has 1 saturated heterocycles. The standard InChI is InChI=1S/C14H16BrN5O2/c15-13-6-12(20(21)22)3-4-14(13)18-5-1-2-11(7-18)8-19-10-16-9-17-19/h3-4,6,9-11H,1-2,5,7-8H2. The summed E-state index contributed by atoms with van der Waals surface area (Å²) in [6.45, 7) is 2.72. The lowest BCUT2D eigenvalue weighted by molar-refractivity contribution is -0.384. The number of nitrogens with zero attached hydrogens (tertiary/aromatic N) is 5. The molecule has 22 heavy (non-hydrogen) atoms. The number of nitro groups is 1. The van der Waals surface area contributed by atoms with E-state index in [2.05, 4.69) is 30.9 Å². The van der Waals surface area contributed by atoms with Crippen LogP contribution in [-0.2, 0) is 6.54 Å². The van der Waals surface area contributed by atoms with Crippen LogP contribution in [-0.4, -0.2) is 32.8 Å². The number of anilines is 1. The minimum absolute atomic E-state index is 0.104. The van der Waals surface area contributed by atoms with Crippen molar-refractivity contribution < 1.29 is 4.92 Å². The number of rotatable bonds is 4. The molecule has 1 aromatic carbocycles. The van der Waals surface area contributed by atoms with Crippen LogP contribution < -0.4 is 4.90 Å². The van der Waals surface area contributed by atoms with Gasteiger partial charge in [0.05, 0.1) is 10.6 Å². The number of benzene rings is 1. The molecule has 3 rings (SSSR count). The quantitative estimate of drug-likeness (QED) is 0.614. The summed E-state index contributed by atoms with van der Waals surface area (Å²) in [5.74, 6) is 0.498. The third kappa shape index (κ3) is 3.27. The Bertz CT molecular complexity index is 661. The van der Waals surface area contributed by atoms with Crippen LogP contribution in [0.1, 0.15) is 12.8 Å². The predicted molar refractivity (Wildman–Crippen MR) is 85.8 cm³/mol. The third-order valence-corrected chi connectivity index (χ3v) is 4.55. The van der Waals surface area contributed by atoms with Crippen molar-refractivity contribution in [1.82, 2.24) is 14.8 Å². The molecule has 0 N–H and O–H groups in total. The van der Waals surface area contributed by atoms with Gasteiger partial charge in [0.2, 0.25) is 0 Å². The summed E-state index contributed by atoms with van der Waals surface area (Å²) in [6, 6.07) is 4.94. The molecule has 1 atom stereocenters. The molecule has 1 aliphatic heterocycles. The summed E-state index contributed by atoms with van der Waals surface area (Å²) in [5.41, 5.74) is 1.11. The molecule has 0 bridgehead atoms. The second-order valence-corrected chi connectivity index (χ2v) is 6.32. The number of piperidine rings is 1. The minimum Gasteiger partial charge on any atom is -0.370 e. The van der Waals surface area contributed by atoms with Crippen LogP contribution in [0.15, 0.2) is 35.3 Å². The fraction of sp³-hybridized carbons (Fsp3) is 0.429. The van der Waals surface area contributed by atoms with Crippen LogP contribution in [0.25, 0.3) is 0 Å². The average molecular weight is 366 g/mol. The van der Waals surface area contributed by atoms with E-state index >= 15 is 0 Å². The maximum absolute atomic E-state index is 10.8. The Balaban J connectivity index is 1.73. The zero-order chi connectivity index (χ0) is 15.5. The van der Waals surface area contributed by atoms with Crippen LogP contribution >= 0.6 is 15.9 Å². The lowest BCUT2D eigenvalue weighted by Gasteiger charge is -2.34. The first-order valence-corrected chi connectivity index (χ1v) is 7.94. The molecule has 1 fully saturated rings. The maximum atomic E-state index is 10.8. The fourth-order valence-electron chi connectivity index (χ4n) is 2.89. The van der Waals surface area contributed by atoms with E-state index in [9.17, 15) is 10.1 Å². The summed E-state index contributed by atoms with van der Waals surface area (Å²) >= 11 is 3.46. The highest BCUT2D eigenvalue weighted by molar-refractivity contribution is 9.10. The van der Waals surface area contributed by atoms with Gasteiger partial charge in [-0.25, -0.2) is 4.98 Å². The average Bonchev–Trinajstić information content (AvgIpc) is 3.00. The molecular weight excluding hydrogens is 350 g/mol. The van der Waals surface area contributed by atoms with Crippen LogP contribution in [0.3, 0.4) is 0 Å². The molecule has 1 aromatic heterocycles. The molecule has 1 aliphatic rings. The number of nitro benzene ring substituents is 1. The van der Waals surface area contributed by atoms with E-state index in [1.165, 1.54) is 0 Å². The van der Waals surface area contributed by atoms with Crippen LogP contribution in [0, 0.1) is 16.0 Å². The largest absolute Gasteiger partial charge is 0.370 e. The van der Waals surface area contributed by atoms with Gasteiger partial charge < -0.3 is 4.90 Å². The van der Waals surface area contributed by atoms with Crippen molar-refractivity contribution in [3.8, 4) is 0 Å². The molecule has 2 heterocycles. The van der Waals surface area contributed by atoms with Crippen LogP contribution in [0.4, 0.5) is 11.4 Å². The molecule has 7 nitrogen and oxygen atoms in total. The number of aromatic nitrogens is 3. The molecule has 0 aliphatic carbocycles. The van der Waals surface area contributed by atoms with Gasteiger partial charge in [-0.2, -0.15) is 5.10 Å². The minimum atomic E-state index is -0.377. The Hall–Kier alpha value is -1.96. The predicted octanol–water partition coefficient (Wildman–Crippen LogP) is 2.87. The van der Waals surface area contributed by atoms with Gasteiger partial charge in [0, 0.05) is 36.2 Å². The van der Waals surface area contributed by atoms with Gasteiger partial charge >= 0.3 is 0 Å². The van der Waals surface area contributed by atoms with Gasteiger partial charge in [0.1, 0.15) is 12.7 Å². The van der Waals surface area contributed by atoms with Crippen molar-refractivity contribution in [2.75, 3.05) is 18.0 Å².